The Morgan fingerprint density at radius 1 is 1.29 bits per heavy atom. The lowest BCUT2D eigenvalue weighted by Crippen LogP contribution is -2.36. The van der Waals surface area contributed by atoms with Crippen molar-refractivity contribution in [3.05, 3.63) is 19.0 Å². The molecule has 0 saturated carbocycles. The van der Waals surface area contributed by atoms with Crippen LogP contribution in [-0.4, -0.2) is 64.6 Å². The van der Waals surface area contributed by atoms with E-state index in [9.17, 15) is 13.2 Å². The molecule has 24 heavy (non-hydrogen) atoms. The fourth-order valence-electron chi connectivity index (χ4n) is 2.16. The summed E-state index contributed by atoms with van der Waals surface area (Å²) in [5.41, 5.74) is 0. The third-order valence-electron chi connectivity index (χ3n) is 3.48. The molecule has 0 saturated heterocycles. The van der Waals surface area contributed by atoms with E-state index < -0.39 is 10.0 Å². The smallest absolute Gasteiger partial charge is 0.323 e. The Kier molecular flexibility index (Phi) is 8.06. The topological polar surface area (TPSA) is 88.4 Å². The van der Waals surface area contributed by atoms with Crippen LogP contribution >= 0.6 is 0 Å². The van der Waals surface area contributed by atoms with E-state index in [1.54, 1.807) is 4.90 Å². The van der Waals surface area contributed by atoms with Gasteiger partial charge in [0, 0.05) is 26.2 Å². The molecule has 9 heteroatoms. The molecule has 0 N–H and O–H groups in total. The highest BCUT2D eigenvalue weighted by molar-refractivity contribution is 7.88. The average molecular weight is 357 g/mol. The maximum absolute atomic E-state index is 12.6. The van der Waals surface area contributed by atoms with Crippen molar-refractivity contribution in [2.24, 2.45) is 0 Å². The summed E-state index contributed by atoms with van der Waals surface area (Å²) in [6.45, 7) is 11.0. The summed E-state index contributed by atoms with van der Waals surface area (Å²) in [5, 5.41) is 3.53. The fraction of sp³-hybridized carbons (Fsp3) is 0.667. The Morgan fingerprint density at radius 3 is 2.54 bits per heavy atom. The number of carbonyl (C=O) groups excluding carboxylic acids is 1. The number of aromatic nitrogens is 3. The van der Waals surface area contributed by atoms with Crippen molar-refractivity contribution >= 4 is 16.1 Å². The Bertz CT molecular complexity index is 641. The number of nitrogens with zero attached hydrogens (tertiary/aromatic N) is 5. The lowest BCUT2D eigenvalue weighted by Gasteiger charge is -2.19. The molecule has 1 heterocycles. The second-order valence-corrected chi connectivity index (χ2v) is 7.17. The maximum Gasteiger partial charge on any atom is 0.346 e. The molecule has 1 amide bonds. The van der Waals surface area contributed by atoms with E-state index in [1.165, 1.54) is 10.4 Å². The lowest BCUT2D eigenvalue weighted by molar-refractivity contribution is 0.197. The van der Waals surface area contributed by atoms with Gasteiger partial charge in [0.25, 0.3) is 15.2 Å². The van der Waals surface area contributed by atoms with Gasteiger partial charge in [-0.1, -0.05) is 26.3 Å². The molecule has 8 nitrogen and oxygen atoms in total. The van der Waals surface area contributed by atoms with Crippen LogP contribution in [0.25, 0.3) is 0 Å². The van der Waals surface area contributed by atoms with Crippen molar-refractivity contribution in [2.45, 2.75) is 45.2 Å². The molecule has 1 aromatic rings. The van der Waals surface area contributed by atoms with Crippen LogP contribution in [0.5, 0.6) is 0 Å². The van der Waals surface area contributed by atoms with Crippen LogP contribution in [0.3, 0.4) is 0 Å². The molecular formula is C15H27N5O3S. The third-order valence-corrected chi connectivity index (χ3v) is 5.14. The second kappa shape index (κ2) is 9.53. The standard InChI is InChI=1S/C15H27N5O3S/c1-5-9-12-18(8-4)15(21)20-13-16-14(17-20)24(22,23)19(10-6-2)11-7-3/h6,13H,2,5,7-12H2,1,3-4H3. The molecule has 136 valence electrons. The van der Waals surface area contributed by atoms with Crippen molar-refractivity contribution < 1.29 is 13.2 Å². The highest BCUT2D eigenvalue weighted by Gasteiger charge is 2.28. The molecular weight excluding hydrogens is 330 g/mol. The first-order valence-corrected chi connectivity index (χ1v) is 9.68. The van der Waals surface area contributed by atoms with Crippen LogP contribution in [0.1, 0.15) is 40.0 Å². The predicted molar refractivity (Wildman–Crippen MR) is 92.2 cm³/mol. The summed E-state index contributed by atoms with van der Waals surface area (Å²) < 4.78 is 27.4. The molecule has 0 atom stereocenters. The van der Waals surface area contributed by atoms with E-state index in [4.69, 9.17) is 0 Å². The van der Waals surface area contributed by atoms with Crippen LogP contribution < -0.4 is 0 Å². The van der Waals surface area contributed by atoms with Gasteiger partial charge in [-0.15, -0.1) is 11.7 Å². The summed E-state index contributed by atoms with van der Waals surface area (Å²) in [6, 6.07) is -0.370. The molecule has 0 fully saturated rings. The van der Waals surface area contributed by atoms with E-state index in [-0.39, 0.29) is 17.7 Å². The molecule has 0 aromatic carbocycles. The van der Waals surface area contributed by atoms with E-state index in [0.717, 1.165) is 23.9 Å². The summed E-state index contributed by atoms with van der Waals surface area (Å²) in [5.74, 6) is 0. The second-order valence-electron chi connectivity index (χ2n) is 5.34. The van der Waals surface area contributed by atoms with Crippen LogP contribution in [-0.2, 0) is 10.0 Å². The van der Waals surface area contributed by atoms with E-state index in [1.807, 2.05) is 20.8 Å². The third kappa shape index (κ3) is 4.88. The molecule has 0 aliphatic heterocycles. The summed E-state index contributed by atoms with van der Waals surface area (Å²) >= 11 is 0. The van der Waals surface area contributed by atoms with E-state index in [2.05, 4.69) is 16.7 Å². The van der Waals surface area contributed by atoms with Crippen LogP contribution in [0.4, 0.5) is 4.79 Å². The summed E-state index contributed by atoms with van der Waals surface area (Å²) in [6.07, 6.45) is 5.17. The molecule has 0 radical (unpaired) electrons. The minimum atomic E-state index is -3.84. The summed E-state index contributed by atoms with van der Waals surface area (Å²) in [4.78, 5) is 17.9. The normalized spacial score (nSPS) is 11.7. The van der Waals surface area contributed by atoms with Gasteiger partial charge in [0.05, 0.1) is 0 Å². The largest absolute Gasteiger partial charge is 0.346 e. The summed E-state index contributed by atoms with van der Waals surface area (Å²) in [7, 11) is -3.84. The van der Waals surface area contributed by atoms with Gasteiger partial charge in [-0.2, -0.15) is 8.99 Å². The van der Waals surface area contributed by atoms with Crippen molar-refractivity contribution in [3.8, 4) is 0 Å². The monoisotopic (exact) mass is 357 g/mol. The predicted octanol–water partition coefficient (Wildman–Crippen LogP) is 1.95. The van der Waals surface area contributed by atoms with Gasteiger partial charge in [-0.3, -0.25) is 0 Å². The molecule has 0 aliphatic carbocycles. The molecule has 0 aliphatic rings. The van der Waals surface area contributed by atoms with Gasteiger partial charge < -0.3 is 4.90 Å². The Morgan fingerprint density at radius 2 is 2.00 bits per heavy atom. The average Bonchev–Trinajstić information content (AvgIpc) is 3.06. The van der Waals surface area contributed by atoms with Gasteiger partial charge in [-0.05, 0) is 19.8 Å². The van der Waals surface area contributed by atoms with Crippen molar-refractivity contribution in [2.75, 3.05) is 26.2 Å². The zero-order valence-corrected chi connectivity index (χ0v) is 15.5. The number of amides is 1. The zero-order chi connectivity index (χ0) is 18.2. The minimum absolute atomic E-state index is 0.177. The first-order chi connectivity index (χ1) is 11.4. The minimum Gasteiger partial charge on any atom is -0.323 e. The quantitative estimate of drug-likeness (QED) is 0.597. The first kappa shape index (κ1) is 20.3. The molecule has 0 unspecified atom stereocenters. The zero-order valence-electron chi connectivity index (χ0n) is 14.7. The van der Waals surface area contributed by atoms with Gasteiger partial charge in [-0.25, -0.2) is 18.2 Å². The fourth-order valence-corrected chi connectivity index (χ4v) is 3.49. The highest BCUT2D eigenvalue weighted by Crippen LogP contribution is 2.12. The first-order valence-electron chi connectivity index (χ1n) is 8.24. The number of hydrogen-bond acceptors (Lipinski definition) is 5. The van der Waals surface area contributed by atoms with Crippen LogP contribution in [0.15, 0.2) is 24.1 Å². The SMILES string of the molecule is C=CCN(CCC)S(=O)(=O)c1ncn(C(=O)N(CC)CCCC)n1. The highest BCUT2D eigenvalue weighted by atomic mass is 32.2. The molecule has 0 bridgehead atoms. The Balaban J connectivity index is 3.01. The number of sulfonamides is 1. The van der Waals surface area contributed by atoms with Crippen LogP contribution in [0, 0.1) is 0 Å². The Labute approximate surface area is 144 Å². The number of hydrogen-bond donors (Lipinski definition) is 0. The lowest BCUT2D eigenvalue weighted by atomic mass is 10.3. The Hall–Kier alpha value is -1.74. The molecule has 0 spiro atoms. The van der Waals surface area contributed by atoms with Crippen LogP contribution in [0.2, 0.25) is 0 Å². The van der Waals surface area contributed by atoms with E-state index >= 15 is 0 Å². The van der Waals surface area contributed by atoms with Crippen molar-refractivity contribution in [3.63, 3.8) is 0 Å². The van der Waals surface area contributed by atoms with Gasteiger partial charge in [0.1, 0.15) is 6.33 Å². The van der Waals surface area contributed by atoms with Gasteiger partial charge >= 0.3 is 6.03 Å². The molecule has 1 aromatic heterocycles. The number of unbranched alkanes of at least 4 members (excludes halogenated alkanes) is 1. The molecule has 1 rings (SSSR count). The van der Waals surface area contributed by atoms with Gasteiger partial charge in [0.15, 0.2) is 0 Å². The van der Waals surface area contributed by atoms with Crippen molar-refractivity contribution in [1.29, 1.82) is 0 Å². The number of carbonyl (C=O) groups is 1. The maximum atomic E-state index is 12.6. The van der Waals surface area contributed by atoms with E-state index in [0.29, 0.717) is 26.1 Å². The number of rotatable bonds is 10. The van der Waals surface area contributed by atoms with Gasteiger partial charge in [0.2, 0.25) is 0 Å². The van der Waals surface area contributed by atoms with Crippen molar-refractivity contribution in [1.82, 2.24) is 24.0 Å².